The molecule has 0 fully saturated rings. The molecule has 114 valence electrons. The van der Waals surface area contributed by atoms with Gasteiger partial charge in [-0.25, -0.2) is 8.42 Å². The highest BCUT2D eigenvalue weighted by atomic mass is 32.2. The van der Waals surface area contributed by atoms with E-state index in [2.05, 4.69) is 5.32 Å². The Morgan fingerprint density at radius 1 is 1.15 bits per heavy atom. The molecule has 0 saturated carbocycles. The molecule has 0 spiro atoms. The summed E-state index contributed by atoms with van der Waals surface area (Å²) in [6.45, 7) is 3.83. The largest absolute Gasteiger partial charge is 0.501 e. The summed E-state index contributed by atoms with van der Waals surface area (Å²) < 4.78 is 64.4. The maximum atomic E-state index is 12.3. The molecule has 8 heteroatoms. The van der Waals surface area contributed by atoms with Crippen LogP contribution in [0.4, 0.5) is 13.2 Å². The summed E-state index contributed by atoms with van der Waals surface area (Å²) in [5.74, 6) is 0.324. The molecule has 0 aliphatic rings. The third-order valence-corrected chi connectivity index (χ3v) is 3.92. The predicted molar refractivity (Wildman–Crippen MR) is 68.3 cm³/mol. The lowest BCUT2D eigenvalue weighted by molar-refractivity contribution is -0.0436. The van der Waals surface area contributed by atoms with Crippen LogP contribution in [0.5, 0.6) is 5.75 Å². The van der Waals surface area contributed by atoms with Gasteiger partial charge >= 0.3 is 5.51 Å². The van der Waals surface area contributed by atoms with Crippen molar-refractivity contribution < 1.29 is 26.3 Å². The van der Waals surface area contributed by atoms with Crippen LogP contribution in [-0.4, -0.2) is 33.6 Å². The molecule has 0 saturated heterocycles. The molecule has 0 bridgehead atoms. The fourth-order valence-corrected chi connectivity index (χ4v) is 2.15. The zero-order valence-corrected chi connectivity index (χ0v) is 11.7. The molecular formula is C12H16F3NO3S. The van der Waals surface area contributed by atoms with Gasteiger partial charge < -0.3 is 10.1 Å². The predicted octanol–water partition coefficient (Wildman–Crippen LogP) is 2.36. The van der Waals surface area contributed by atoms with Gasteiger partial charge in [-0.3, -0.25) is 0 Å². The Hall–Kier alpha value is -1.28. The Balaban J connectivity index is 2.61. The van der Waals surface area contributed by atoms with Crippen LogP contribution in [0.3, 0.4) is 0 Å². The molecule has 1 aromatic rings. The van der Waals surface area contributed by atoms with Gasteiger partial charge in [-0.1, -0.05) is 6.92 Å². The van der Waals surface area contributed by atoms with Crippen LogP contribution < -0.4 is 10.1 Å². The maximum Gasteiger partial charge on any atom is 0.501 e. The molecule has 0 aliphatic heterocycles. The van der Waals surface area contributed by atoms with Gasteiger partial charge in [-0.2, -0.15) is 13.2 Å². The second kappa shape index (κ2) is 6.94. The molecule has 0 aliphatic carbocycles. The number of rotatable bonds is 7. The van der Waals surface area contributed by atoms with Crippen LogP contribution in [0.15, 0.2) is 29.2 Å². The van der Waals surface area contributed by atoms with Crippen LogP contribution in [-0.2, 0) is 9.84 Å². The van der Waals surface area contributed by atoms with Crippen molar-refractivity contribution in [1.29, 1.82) is 0 Å². The first-order valence-electron chi connectivity index (χ1n) is 6.04. The summed E-state index contributed by atoms with van der Waals surface area (Å²) in [5, 5.41) is 3.09. The average Bonchev–Trinajstić information content (AvgIpc) is 2.38. The van der Waals surface area contributed by atoms with E-state index in [1.807, 2.05) is 6.92 Å². The maximum absolute atomic E-state index is 12.3. The molecule has 0 heterocycles. The summed E-state index contributed by atoms with van der Waals surface area (Å²) in [6, 6.07) is 4.19. The highest BCUT2D eigenvalue weighted by Crippen LogP contribution is 2.30. The summed E-state index contributed by atoms with van der Waals surface area (Å²) in [7, 11) is -5.29. The smallest absolute Gasteiger partial charge is 0.492 e. The van der Waals surface area contributed by atoms with Gasteiger partial charge in [0.25, 0.3) is 9.84 Å². The zero-order valence-electron chi connectivity index (χ0n) is 10.9. The standard InChI is InChI=1S/C12H16F3NO3S/c1-2-7-16-8-9-19-10-3-5-11(6-4-10)20(17,18)12(13,14)15/h3-6,16H,2,7-9H2,1H3. The van der Waals surface area contributed by atoms with Crippen LogP contribution in [0, 0.1) is 0 Å². The average molecular weight is 311 g/mol. The fourth-order valence-electron chi connectivity index (χ4n) is 1.39. The number of hydrogen-bond acceptors (Lipinski definition) is 4. The SMILES string of the molecule is CCCNCCOc1ccc(S(=O)(=O)C(F)(F)F)cc1. The highest BCUT2D eigenvalue weighted by Gasteiger charge is 2.46. The number of nitrogens with one attached hydrogen (secondary N) is 1. The lowest BCUT2D eigenvalue weighted by atomic mass is 10.3. The molecule has 20 heavy (non-hydrogen) atoms. The number of alkyl halides is 3. The molecule has 0 radical (unpaired) electrons. The molecular weight excluding hydrogens is 295 g/mol. The molecule has 0 atom stereocenters. The van der Waals surface area contributed by atoms with E-state index in [-0.39, 0.29) is 0 Å². The lowest BCUT2D eigenvalue weighted by Crippen LogP contribution is -2.23. The zero-order chi connectivity index (χ0) is 15.2. The van der Waals surface area contributed by atoms with Crippen LogP contribution >= 0.6 is 0 Å². The number of ether oxygens (including phenoxy) is 1. The van der Waals surface area contributed by atoms with Crippen molar-refractivity contribution in [1.82, 2.24) is 5.32 Å². The van der Waals surface area contributed by atoms with Crippen molar-refractivity contribution in [3.63, 3.8) is 0 Å². The van der Waals surface area contributed by atoms with E-state index in [1.54, 1.807) is 0 Å². The second-order valence-electron chi connectivity index (χ2n) is 4.02. The van der Waals surface area contributed by atoms with Gasteiger partial charge in [0.15, 0.2) is 0 Å². The van der Waals surface area contributed by atoms with Gasteiger partial charge in [0.2, 0.25) is 0 Å². The van der Waals surface area contributed by atoms with E-state index < -0.39 is 20.2 Å². The Morgan fingerprint density at radius 3 is 2.25 bits per heavy atom. The normalized spacial score (nSPS) is 12.4. The van der Waals surface area contributed by atoms with Gasteiger partial charge in [0.1, 0.15) is 12.4 Å². The van der Waals surface area contributed by atoms with Gasteiger partial charge in [-0.05, 0) is 37.2 Å². The number of benzene rings is 1. The van der Waals surface area contributed by atoms with Gasteiger partial charge in [0, 0.05) is 6.54 Å². The van der Waals surface area contributed by atoms with Crippen LogP contribution in [0.1, 0.15) is 13.3 Å². The molecule has 4 nitrogen and oxygen atoms in total. The second-order valence-corrected chi connectivity index (χ2v) is 5.96. The fraction of sp³-hybridized carbons (Fsp3) is 0.500. The minimum absolute atomic E-state index is 0.324. The molecule has 0 unspecified atom stereocenters. The Labute approximate surface area is 115 Å². The molecule has 0 aromatic heterocycles. The van der Waals surface area contributed by atoms with Crippen molar-refractivity contribution in [3.8, 4) is 5.75 Å². The number of hydrogen-bond donors (Lipinski definition) is 1. The summed E-state index contributed by atoms with van der Waals surface area (Å²) >= 11 is 0. The van der Waals surface area contributed by atoms with E-state index in [1.165, 1.54) is 12.1 Å². The Bertz CT molecular complexity index is 512. The Kier molecular flexibility index (Phi) is 5.82. The first-order chi connectivity index (χ1) is 9.29. The third-order valence-electron chi connectivity index (χ3n) is 2.41. The van der Waals surface area contributed by atoms with Crippen LogP contribution in [0.2, 0.25) is 0 Å². The monoisotopic (exact) mass is 311 g/mol. The van der Waals surface area contributed by atoms with Crippen molar-refractivity contribution in [2.75, 3.05) is 19.7 Å². The van der Waals surface area contributed by atoms with Crippen molar-refractivity contribution in [2.45, 2.75) is 23.7 Å². The third kappa shape index (κ3) is 4.38. The van der Waals surface area contributed by atoms with E-state index in [0.717, 1.165) is 25.1 Å². The van der Waals surface area contributed by atoms with E-state index in [4.69, 9.17) is 4.74 Å². The van der Waals surface area contributed by atoms with Gasteiger partial charge in [-0.15, -0.1) is 0 Å². The van der Waals surface area contributed by atoms with Crippen LogP contribution in [0.25, 0.3) is 0 Å². The summed E-state index contributed by atoms with van der Waals surface area (Å²) in [5.41, 5.74) is -5.29. The van der Waals surface area contributed by atoms with E-state index in [0.29, 0.717) is 18.9 Å². The lowest BCUT2D eigenvalue weighted by Gasteiger charge is -2.10. The quantitative estimate of drug-likeness (QED) is 0.786. The molecule has 0 amide bonds. The van der Waals surface area contributed by atoms with E-state index >= 15 is 0 Å². The minimum Gasteiger partial charge on any atom is -0.492 e. The number of halogens is 3. The highest BCUT2D eigenvalue weighted by molar-refractivity contribution is 7.92. The van der Waals surface area contributed by atoms with Crippen molar-refractivity contribution >= 4 is 9.84 Å². The van der Waals surface area contributed by atoms with Gasteiger partial charge in [0.05, 0.1) is 4.90 Å². The number of sulfone groups is 1. The molecule has 1 rings (SSSR count). The summed E-state index contributed by atoms with van der Waals surface area (Å²) in [4.78, 5) is -0.790. The van der Waals surface area contributed by atoms with Crippen molar-refractivity contribution in [3.05, 3.63) is 24.3 Å². The summed E-state index contributed by atoms with van der Waals surface area (Å²) in [6.07, 6.45) is 0.990. The minimum atomic E-state index is -5.29. The van der Waals surface area contributed by atoms with Crippen molar-refractivity contribution in [2.24, 2.45) is 0 Å². The Morgan fingerprint density at radius 2 is 1.75 bits per heavy atom. The topological polar surface area (TPSA) is 55.4 Å². The first-order valence-corrected chi connectivity index (χ1v) is 7.52. The first kappa shape index (κ1) is 16.8. The van der Waals surface area contributed by atoms with E-state index in [9.17, 15) is 21.6 Å². The molecule has 1 N–H and O–H groups in total. The molecule has 1 aromatic carbocycles.